The fourth-order valence-corrected chi connectivity index (χ4v) is 1.95. The number of hydrazone groups is 1. The molecule has 0 radical (unpaired) electrons. The molecule has 6 N–H and O–H groups in total. The highest BCUT2D eigenvalue weighted by Crippen LogP contribution is 2.17. The molecule has 0 bridgehead atoms. The molecule has 0 saturated heterocycles. The Balaban J connectivity index is 2.14. The molecular weight excluding hydrogens is 302 g/mol. The number of halogens is 1. The first-order chi connectivity index (χ1) is 10.6. The third kappa shape index (κ3) is 4.32. The van der Waals surface area contributed by atoms with E-state index in [1.54, 1.807) is 48.7 Å². The van der Waals surface area contributed by atoms with Gasteiger partial charge >= 0.3 is 0 Å². The molecule has 0 fully saturated rings. The van der Waals surface area contributed by atoms with Crippen LogP contribution in [-0.2, 0) is 0 Å². The third-order valence-electron chi connectivity index (χ3n) is 2.69. The molecule has 0 aliphatic carbocycles. The lowest BCUT2D eigenvalue weighted by molar-refractivity contribution is -0.456. The molecule has 0 aromatic heterocycles. The molecule has 2 aromatic carbocycles. The van der Waals surface area contributed by atoms with Crippen LogP contribution in [0.2, 0.25) is 5.02 Å². The van der Waals surface area contributed by atoms with Crippen molar-refractivity contribution in [3.63, 3.8) is 0 Å². The van der Waals surface area contributed by atoms with Crippen molar-refractivity contribution in [3.8, 4) is 0 Å². The van der Waals surface area contributed by atoms with Crippen LogP contribution in [0.5, 0.6) is 0 Å². The average molecular weight is 317 g/mol. The first-order valence-corrected chi connectivity index (χ1v) is 6.77. The van der Waals surface area contributed by atoms with E-state index in [-0.39, 0.29) is 11.9 Å². The van der Waals surface area contributed by atoms with E-state index in [9.17, 15) is 4.79 Å². The lowest BCUT2D eigenvalue weighted by Crippen LogP contribution is -2.63. The number of carbonyl (C=O) groups excluding carboxylic acids is 1. The zero-order valence-corrected chi connectivity index (χ0v) is 12.3. The highest BCUT2D eigenvalue weighted by Gasteiger charge is 2.09. The van der Waals surface area contributed by atoms with Gasteiger partial charge in [-0.05, 0) is 30.3 Å². The van der Waals surface area contributed by atoms with Gasteiger partial charge in [0.15, 0.2) is 0 Å². The minimum atomic E-state index is -0.278. The average Bonchev–Trinajstić information content (AvgIpc) is 2.47. The Bertz CT molecular complexity index is 738. The van der Waals surface area contributed by atoms with Crippen molar-refractivity contribution >= 4 is 35.4 Å². The molecule has 0 aliphatic heterocycles. The molecule has 22 heavy (non-hydrogen) atoms. The van der Waals surface area contributed by atoms with E-state index >= 15 is 0 Å². The van der Waals surface area contributed by atoms with Gasteiger partial charge in [-0.1, -0.05) is 29.8 Å². The number of rotatable bonds is 4. The molecule has 6 nitrogen and oxygen atoms in total. The Hall–Kier alpha value is -2.86. The van der Waals surface area contributed by atoms with E-state index in [4.69, 9.17) is 23.1 Å². The van der Waals surface area contributed by atoms with Gasteiger partial charge in [0, 0.05) is 16.4 Å². The number of amides is 1. The topological polar surface area (TPSA) is 107 Å². The monoisotopic (exact) mass is 316 g/mol. The number of benzene rings is 2. The lowest BCUT2D eigenvalue weighted by atomic mass is 10.2. The van der Waals surface area contributed by atoms with E-state index in [1.807, 2.05) is 6.07 Å². The van der Waals surface area contributed by atoms with Crippen LogP contribution in [0.4, 0.5) is 5.69 Å². The number of hydrogen-bond donors (Lipinski definition) is 4. The Labute approximate surface area is 132 Å². The van der Waals surface area contributed by atoms with Crippen LogP contribution < -0.4 is 21.9 Å². The second kappa shape index (κ2) is 7.24. The Morgan fingerprint density at radius 2 is 1.95 bits per heavy atom. The van der Waals surface area contributed by atoms with Crippen LogP contribution in [0.15, 0.2) is 53.6 Å². The van der Waals surface area contributed by atoms with Crippen molar-refractivity contribution in [2.45, 2.75) is 0 Å². The highest BCUT2D eigenvalue weighted by molar-refractivity contribution is 6.34. The number of guanidine groups is 1. The highest BCUT2D eigenvalue weighted by atomic mass is 35.5. The van der Waals surface area contributed by atoms with E-state index in [0.29, 0.717) is 16.3 Å². The molecule has 0 heterocycles. The Morgan fingerprint density at radius 3 is 2.68 bits per heavy atom. The van der Waals surface area contributed by atoms with Crippen molar-refractivity contribution < 1.29 is 9.90 Å². The number of nitrogens with zero attached hydrogens (tertiary/aromatic N) is 1. The summed E-state index contributed by atoms with van der Waals surface area (Å²) in [5.41, 5.74) is 12.3. The number of nitrogens with one attached hydrogen (secondary N) is 2. The number of carbonyl (C=O) groups is 1. The van der Waals surface area contributed by atoms with Gasteiger partial charge in [0.2, 0.25) is 6.21 Å². The Kier molecular flexibility index (Phi) is 5.11. The fraction of sp³-hybridized carbons (Fsp3) is 0. The predicted octanol–water partition coefficient (Wildman–Crippen LogP) is 0.280. The zero-order valence-electron chi connectivity index (χ0n) is 11.6. The number of nitrogens with two attached hydrogens (primary N) is 2. The van der Waals surface area contributed by atoms with E-state index in [1.165, 1.54) is 0 Å². The fourth-order valence-electron chi connectivity index (χ4n) is 1.73. The van der Waals surface area contributed by atoms with E-state index < -0.39 is 0 Å². The van der Waals surface area contributed by atoms with Crippen molar-refractivity contribution in [2.24, 2.45) is 16.6 Å². The summed E-state index contributed by atoms with van der Waals surface area (Å²) in [7, 11) is 0. The molecule has 1 amide bonds. The number of anilines is 1. The predicted molar refractivity (Wildman–Crippen MR) is 87.8 cm³/mol. The molecule has 2 rings (SSSR count). The maximum absolute atomic E-state index is 12.2. The van der Waals surface area contributed by atoms with Crippen molar-refractivity contribution in [2.75, 3.05) is 5.32 Å². The van der Waals surface area contributed by atoms with Gasteiger partial charge in [-0.2, -0.15) is 0 Å². The summed E-state index contributed by atoms with van der Waals surface area (Å²) in [6, 6.07) is 14.0. The standard InChI is InChI=1S/C15H14ClN5O/c16-13-7-2-1-6-12(13)14(22)20-11-5-3-4-10(8-11)9-19-21-15(17)18/h1-9H,(H,20,22)(H4,17,18,21)/p+1/b19-9+. The second-order valence-electron chi connectivity index (χ2n) is 4.37. The first-order valence-electron chi connectivity index (χ1n) is 6.39. The quantitative estimate of drug-likeness (QED) is 0.369. The summed E-state index contributed by atoms with van der Waals surface area (Å²) < 4.78 is 0. The van der Waals surface area contributed by atoms with Crippen LogP contribution in [0.1, 0.15) is 15.9 Å². The molecule has 0 aliphatic rings. The van der Waals surface area contributed by atoms with Crippen LogP contribution >= 0.6 is 11.6 Å². The summed E-state index contributed by atoms with van der Waals surface area (Å²) in [5.74, 6) is -0.348. The summed E-state index contributed by atoms with van der Waals surface area (Å²) in [6.45, 7) is 0. The van der Waals surface area contributed by atoms with Gasteiger partial charge in [-0.25, -0.2) is 0 Å². The third-order valence-corrected chi connectivity index (χ3v) is 3.02. The van der Waals surface area contributed by atoms with Crippen molar-refractivity contribution in [1.82, 2.24) is 0 Å². The molecule has 0 unspecified atom stereocenters. The number of hydrogen-bond acceptors (Lipinski definition) is 2. The van der Waals surface area contributed by atoms with Crippen LogP contribution in [0, 0.1) is 0 Å². The maximum atomic E-state index is 12.2. The molecule has 2 aromatic rings. The first kappa shape index (κ1) is 15.5. The van der Waals surface area contributed by atoms with E-state index in [2.05, 4.69) is 15.5 Å². The van der Waals surface area contributed by atoms with Gasteiger partial charge in [-0.15, -0.1) is 5.10 Å². The minimum absolute atomic E-state index is 0.0700. The van der Waals surface area contributed by atoms with E-state index in [0.717, 1.165) is 5.56 Å². The minimum Gasteiger partial charge on any atom is -0.365 e. The van der Waals surface area contributed by atoms with Gasteiger partial charge in [0.05, 0.1) is 10.6 Å². The molecule has 0 atom stereocenters. The van der Waals surface area contributed by atoms with Gasteiger partial charge in [0.25, 0.3) is 11.9 Å². The SMILES string of the molecule is NC(N)=N/[NH+]=C/c1cccc(NC(=O)c2ccccc2Cl)c1. The summed E-state index contributed by atoms with van der Waals surface area (Å²) >= 11 is 6.00. The normalized spacial score (nSPS) is 10.4. The second-order valence-corrected chi connectivity index (χ2v) is 4.78. The van der Waals surface area contributed by atoms with Gasteiger partial charge in [-0.3, -0.25) is 4.79 Å². The lowest BCUT2D eigenvalue weighted by Gasteiger charge is -2.06. The zero-order chi connectivity index (χ0) is 15.9. The van der Waals surface area contributed by atoms with Crippen molar-refractivity contribution in [3.05, 3.63) is 64.7 Å². The largest absolute Gasteiger partial charge is 0.365 e. The molecule has 112 valence electrons. The van der Waals surface area contributed by atoms with Crippen LogP contribution in [0.3, 0.4) is 0 Å². The molecular formula is C15H15ClN5O+. The van der Waals surface area contributed by atoms with Crippen LogP contribution in [0.25, 0.3) is 0 Å². The summed E-state index contributed by atoms with van der Waals surface area (Å²) in [6.07, 6.45) is 1.60. The van der Waals surface area contributed by atoms with Crippen LogP contribution in [-0.4, -0.2) is 18.1 Å². The molecule has 7 heteroatoms. The smallest absolute Gasteiger partial charge is 0.257 e. The van der Waals surface area contributed by atoms with Crippen molar-refractivity contribution in [1.29, 1.82) is 0 Å². The van der Waals surface area contributed by atoms with Gasteiger partial charge in [0.1, 0.15) is 0 Å². The summed E-state index contributed by atoms with van der Waals surface area (Å²) in [5, 5.41) is 9.42. The van der Waals surface area contributed by atoms with Gasteiger partial charge < -0.3 is 16.8 Å². The maximum Gasteiger partial charge on any atom is 0.257 e. The Morgan fingerprint density at radius 1 is 1.18 bits per heavy atom. The summed E-state index contributed by atoms with van der Waals surface area (Å²) in [4.78, 5) is 12.2. The molecule has 0 saturated carbocycles. The molecule has 0 spiro atoms.